The summed E-state index contributed by atoms with van der Waals surface area (Å²) in [5.41, 5.74) is 5.56. The van der Waals surface area contributed by atoms with Crippen molar-refractivity contribution in [2.45, 2.75) is 25.4 Å². The maximum absolute atomic E-state index is 13.6. The first-order valence-electron chi connectivity index (χ1n) is 5.43. The summed E-state index contributed by atoms with van der Waals surface area (Å²) in [5.74, 6) is -0.537. The van der Waals surface area contributed by atoms with Crippen LogP contribution in [-0.4, -0.2) is 18.7 Å². The third kappa shape index (κ3) is 2.49. The fourth-order valence-electron chi connectivity index (χ4n) is 1.45. The van der Waals surface area contributed by atoms with Gasteiger partial charge in [-0.25, -0.2) is 9.18 Å². The van der Waals surface area contributed by atoms with E-state index in [9.17, 15) is 9.18 Å². The predicted molar refractivity (Wildman–Crippen MR) is 63.3 cm³/mol. The number of rotatable bonds is 2. The van der Waals surface area contributed by atoms with Crippen LogP contribution in [0.1, 0.15) is 19.8 Å². The quantitative estimate of drug-likeness (QED) is 0.805. The van der Waals surface area contributed by atoms with Crippen LogP contribution in [0, 0.1) is 5.82 Å². The predicted octanol–water partition coefficient (Wildman–Crippen LogP) is 2.53. The second-order valence-corrected chi connectivity index (χ2v) is 4.59. The SMILES string of the molecule is CN(C(=O)OC1(C)CC1)c1ccc(N)cc1F. The first kappa shape index (κ1) is 11.7. The van der Waals surface area contributed by atoms with E-state index < -0.39 is 11.9 Å². The highest BCUT2D eigenvalue weighted by atomic mass is 19.1. The first-order chi connectivity index (χ1) is 7.91. The van der Waals surface area contributed by atoms with E-state index in [2.05, 4.69) is 0 Å². The highest BCUT2D eigenvalue weighted by Gasteiger charge is 2.42. The van der Waals surface area contributed by atoms with Gasteiger partial charge in [-0.1, -0.05) is 0 Å². The molecule has 2 rings (SSSR count). The van der Waals surface area contributed by atoms with Gasteiger partial charge in [-0.3, -0.25) is 4.90 Å². The van der Waals surface area contributed by atoms with Gasteiger partial charge in [0.05, 0.1) is 5.69 Å². The van der Waals surface area contributed by atoms with Crippen LogP contribution in [0.15, 0.2) is 18.2 Å². The lowest BCUT2D eigenvalue weighted by Crippen LogP contribution is -2.31. The number of nitrogens with two attached hydrogens (primary N) is 1. The Labute approximate surface area is 99.2 Å². The number of hydrogen-bond donors (Lipinski definition) is 1. The summed E-state index contributed by atoms with van der Waals surface area (Å²) >= 11 is 0. The number of carbonyl (C=O) groups is 1. The van der Waals surface area contributed by atoms with Crippen LogP contribution in [0.25, 0.3) is 0 Å². The average molecular weight is 238 g/mol. The minimum atomic E-state index is -0.548. The molecule has 1 aliphatic rings. The molecule has 1 fully saturated rings. The van der Waals surface area contributed by atoms with Crippen molar-refractivity contribution in [2.24, 2.45) is 0 Å². The van der Waals surface area contributed by atoms with Crippen molar-refractivity contribution >= 4 is 17.5 Å². The molecule has 0 heterocycles. The van der Waals surface area contributed by atoms with Crippen molar-refractivity contribution in [3.63, 3.8) is 0 Å². The highest BCUT2D eigenvalue weighted by Crippen LogP contribution is 2.39. The van der Waals surface area contributed by atoms with Crippen molar-refractivity contribution < 1.29 is 13.9 Å². The number of ether oxygens (including phenoxy) is 1. The zero-order chi connectivity index (χ0) is 12.6. The molecule has 0 aromatic heterocycles. The van der Waals surface area contributed by atoms with Gasteiger partial charge < -0.3 is 10.5 Å². The van der Waals surface area contributed by atoms with Crippen molar-refractivity contribution in [2.75, 3.05) is 17.7 Å². The summed E-state index contributed by atoms with van der Waals surface area (Å²) in [6.45, 7) is 1.86. The Bertz CT molecular complexity index is 458. The number of halogens is 1. The second kappa shape index (κ2) is 3.91. The third-order valence-corrected chi connectivity index (χ3v) is 2.89. The first-order valence-corrected chi connectivity index (χ1v) is 5.43. The molecule has 92 valence electrons. The van der Waals surface area contributed by atoms with E-state index >= 15 is 0 Å². The van der Waals surface area contributed by atoms with Gasteiger partial charge in [0.1, 0.15) is 11.4 Å². The largest absolute Gasteiger partial charge is 0.443 e. The Morgan fingerprint density at radius 3 is 2.71 bits per heavy atom. The van der Waals surface area contributed by atoms with Crippen molar-refractivity contribution in [3.8, 4) is 0 Å². The van der Waals surface area contributed by atoms with E-state index in [-0.39, 0.29) is 11.3 Å². The lowest BCUT2D eigenvalue weighted by molar-refractivity contribution is 0.101. The summed E-state index contributed by atoms with van der Waals surface area (Å²) in [6.07, 6.45) is 1.17. The molecular formula is C12H15FN2O2. The van der Waals surface area contributed by atoms with E-state index in [0.717, 1.165) is 17.7 Å². The molecule has 1 aromatic rings. The number of anilines is 2. The molecule has 0 radical (unpaired) electrons. The molecule has 0 unspecified atom stereocenters. The number of nitrogens with zero attached hydrogens (tertiary/aromatic N) is 1. The van der Waals surface area contributed by atoms with Crippen molar-refractivity contribution in [1.29, 1.82) is 0 Å². The molecule has 1 aromatic carbocycles. The van der Waals surface area contributed by atoms with Gasteiger partial charge in [-0.15, -0.1) is 0 Å². The van der Waals surface area contributed by atoms with Crippen LogP contribution >= 0.6 is 0 Å². The van der Waals surface area contributed by atoms with E-state index in [0.29, 0.717) is 5.69 Å². The molecule has 2 N–H and O–H groups in total. The molecule has 0 spiro atoms. The molecule has 4 nitrogen and oxygen atoms in total. The third-order valence-electron chi connectivity index (χ3n) is 2.89. The summed E-state index contributed by atoms with van der Waals surface area (Å²) in [6, 6.07) is 4.18. The molecular weight excluding hydrogens is 223 g/mol. The summed E-state index contributed by atoms with van der Waals surface area (Å²) in [4.78, 5) is 12.9. The summed E-state index contributed by atoms with van der Waals surface area (Å²) < 4.78 is 18.8. The zero-order valence-electron chi connectivity index (χ0n) is 9.87. The molecule has 1 amide bonds. The lowest BCUT2D eigenvalue weighted by atomic mass is 10.2. The molecule has 5 heteroatoms. The number of amides is 1. The Kier molecular flexibility index (Phi) is 2.69. The van der Waals surface area contributed by atoms with Crippen LogP contribution in [0.5, 0.6) is 0 Å². The maximum atomic E-state index is 13.6. The van der Waals surface area contributed by atoms with Gasteiger partial charge in [-0.2, -0.15) is 0 Å². The van der Waals surface area contributed by atoms with Crippen LogP contribution in [0.2, 0.25) is 0 Å². The minimum Gasteiger partial charge on any atom is -0.443 e. The Balaban J connectivity index is 2.12. The van der Waals surface area contributed by atoms with Crippen LogP contribution in [0.4, 0.5) is 20.6 Å². The van der Waals surface area contributed by atoms with E-state index in [1.54, 1.807) is 6.07 Å². The average Bonchev–Trinajstić information content (AvgIpc) is 2.95. The fourth-order valence-corrected chi connectivity index (χ4v) is 1.45. The molecule has 1 saturated carbocycles. The van der Waals surface area contributed by atoms with Crippen LogP contribution in [-0.2, 0) is 4.74 Å². The Morgan fingerprint density at radius 2 is 2.18 bits per heavy atom. The van der Waals surface area contributed by atoms with Crippen LogP contribution in [0.3, 0.4) is 0 Å². The van der Waals surface area contributed by atoms with Gasteiger partial charge in [0.25, 0.3) is 0 Å². The topological polar surface area (TPSA) is 55.6 Å². The van der Waals surface area contributed by atoms with Gasteiger partial charge in [0.15, 0.2) is 0 Å². The highest BCUT2D eigenvalue weighted by molar-refractivity contribution is 5.87. The number of carbonyl (C=O) groups excluding carboxylic acids is 1. The van der Waals surface area contributed by atoms with Gasteiger partial charge >= 0.3 is 6.09 Å². The molecule has 0 aliphatic heterocycles. The number of hydrogen-bond acceptors (Lipinski definition) is 3. The van der Waals surface area contributed by atoms with E-state index in [4.69, 9.17) is 10.5 Å². The lowest BCUT2D eigenvalue weighted by Gasteiger charge is -2.20. The molecule has 0 bridgehead atoms. The molecule has 0 atom stereocenters. The summed E-state index contributed by atoms with van der Waals surface area (Å²) in [5, 5.41) is 0. The Hall–Kier alpha value is -1.78. The maximum Gasteiger partial charge on any atom is 0.414 e. The molecule has 17 heavy (non-hydrogen) atoms. The normalized spacial score (nSPS) is 16.4. The minimum absolute atomic E-state index is 0.161. The van der Waals surface area contributed by atoms with E-state index in [1.165, 1.54) is 19.2 Å². The van der Waals surface area contributed by atoms with E-state index in [1.807, 2.05) is 6.92 Å². The number of nitrogen functional groups attached to an aromatic ring is 1. The second-order valence-electron chi connectivity index (χ2n) is 4.59. The van der Waals surface area contributed by atoms with Gasteiger partial charge in [0, 0.05) is 12.7 Å². The van der Waals surface area contributed by atoms with Crippen LogP contribution < -0.4 is 10.6 Å². The fraction of sp³-hybridized carbons (Fsp3) is 0.417. The number of benzene rings is 1. The standard InChI is InChI=1S/C12H15FN2O2/c1-12(5-6-12)17-11(16)15(2)10-4-3-8(14)7-9(10)13/h3-4,7H,5-6,14H2,1-2H3. The monoisotopic (exact) mass is 238 g/mol. The molecule has 1 aliphatic carbocycles. The van der Waals surface area contributed by atoms with Crippen molar-refractivity contribution in [3.05, 3.63) is 24.0 Å². The smallest absolute Gasteiger partial charge is 0.414 e. The van der Waals surface area contributed by atoms with Crippen molar-refractivity contribution in [1.82, 2.24) is 0 Å². The van der Waals surface area contributed by atoms with Gasteiger partial charge in [-0.05, 0) is 38.0 Å². The zero-order valence-corrected chi connectivity index (χ0v) is 9.87. The molecule has 0 saturated heterocycles. The summed E-state index contributed by atoms with van der Waals surface area (Å²) in [7, 11) is 1.47. The Morgan fingerprint density at radius 1 is 1.53 bits per heavy atom. The van der Waals surface area contributed by atoms with Gasteiger partial charge in [0.2, 0.25) is 0 Å².